The highest BCUT2D eigenvalue weighted by Gasteiger charge is 2.27. The number of piperidine rings is 1. The van der Waals surface area contributed by atoms with Crippen molar-refractivity contribution in [2.45, 2.75) is 38.3 Å². The Kier molecular flexibility index (Phi) is 7.78. The van der Waals surface area contributed by atoms with E-state index in [4.69, 9.17) is 33.0 Å². The summed E-state index contributed by atoms with van der Waals surface area (Å²) in [5.41, 5.74) is 0.570. The smallest absolute Gasteiger partial charge is 0.241 e. The first kappa shape index (κ1) is 19.5. The van der Waals surface area contributed by atoms with Crippen LogP contribution in [0.15, 0.2) is 18.2 Å². The van der Waals surface area contributed by atoms with E-state index in [-0.39, 0.29) is 24.7 Å². The fourth-order valence-corrected chi connectivity index (χ4v) is 3.19. The lowest BCUT2D eigenvalue weighted by atomic mass is 10.1. The third kappa shape index (κ3) is 5.60. The summed E-state index contributed by atoms with van der Waals surface area (Å²) in [4.78, 5) is 14.6. The van der Waals surface area contributed by atoms with Gasteiger partial charge >= 0.3 is 0 Å². The number of nitrogens with zero attached hydrogens (tertiary/aromatic N) is 1. The standard InChI is InChI=1S/C17H24Cl2N2O3/c1-12(17(23)20-16-4-3-13(18)11-15(16)19)21-7-5-14(6-8-21)24-10-2-9-22/h3-4,11-12,14,22H,2,5-10H2,1H3,(H,20,23)/t12-/m0/s1. The molecule has 1 amide bonds. The van der Waals surface area contributed by atoms with Crippen molar-refractivity contribution in [1.29, 1.82) is 0 Å². The van der Waals surface area contributed by atoms with Crippen LogP contribution in [0.4, 0.5) is 5.69 Å². The largest absolute Gasteiger partial charge is 0.396 e. The number of ether oxygens (including phenoxy) is 1. The maximum atomic E-state index is 12.4. The van der Waals surface area contributed by atoms with Crippen molar-refractivity contribution < 1.29 is 14.6 Å². The molecular weight excluding hydrogens is 351 g/mol. The van der Waals surface area contributed by atoms with Crippen LogP contribution >= 0.6 is 23.2 Å². The van der Waals surface area contributed by atoms with Gasteiger partial charge in [0.15, 0.2) is 0 Å². The summed E-state index contributed by atoms with van der Waals surface area (Å²) in [7, 11) is 0. The van der Waals surface area contributed by atoms with Crippen molar-refractivity contribution in [3.63, 3.8) is 0 Å². The van der Waals surface area contributed by atoms with E-state index in [0.717, 1.165) is 25.9 Å². The molecule has 0 radical (unpaired) electrons. The van der Waals surface area contributed by atoms with Crippen LogP contribution in [-0.4, -0.2) is 54.4 Å². The normalized spacial score (nSPS) is 17.7. The fraction of sp³-hybridized carbons (Fsp3) is 0.588. The minimum Gasteiger partial charge on any atom is -0.396 e. The second-order valence-electron chi connectivity index (χ2n) is 5.97. The van der Waals surface area contributed by atoms with Crippen molar-refractivity contribution >= 4 is 34.8 Å². The van der Waals surface area contributed by atoms with Gasteiger partial charge in [0.05, 0.1) is 22.9 Å². The van der Waals surface area contributed by atoms with E-state index >= 15 is 0 Å². The minimum absolute atomic E-state index is 0.0844. The van der Waals surface area contributed by atoms with Crippen LogP contribution < -0.4 is 5.32 Å². The highest BCUT2D eigenvalue weighted by atomic mass is 35.5. The Balaban J connectivity index is 1.81. The predicted molar refractivity (Wildman–Crippen MR) is 96.8 cm³/mol. The number of anilines is 1. The number of hydrogen-bond acceptors (Lipinski definition) is 4. The van der Waals surface area contributed by atoms with Gasteiger partial charge in [0.1, 0.15) is 0 Å². The topological polar surface area (TPSA) is 61.8 Å². The Morgan fingerprint density at radius 3 is 2.75 bits per heavy atom. The van der Waals surface area contributed by atoms with E-state index in [0.29, 0.717) is 28.8 Å². The molecule has 1 aromatic carbocycles. The molecule has 0 saturated carbocycles. The fourth-order valence-electron chi connectivity index (χ4n) is 2.74. The molecule has 1 heterocycles. The predicted octanol–water partition coefficient (Wildman–Crippen LogP) is 3.18. The van der Waals surface area contributed by atoms with Crippen molar-refractivity contribution in [2.75, 3.05) is 31.6 Å². The van der Waals surface area contributed by atoms with Gasteiger partial charge in [-0.05, 0) is 44.4 Å². The zero-order valence-corrected chi connectivity index (χ0v) is 15.3. The molecule has 1 aromatic rings. The summed E-state index contributed by atoms with van der Waals surface area (Å²) < 4.78 is 5.72. The van der Waals surface area contributed by atoms with Gasteiger partial charge in [-0.15, -0.1) is 0 Å². The molecule has 0 unspecified atom stereocenters. The quantitative estimate of drug-likeness (QED) is 0.719. The second-order valence-corrected chi connectivity index (χ2v) is 6.82. The Bertz CT molecular complexity index is 549. The molecule has 2 rings (SSSR count). The lowest BCUT2D eigenvalue weighted by molar-refractivity contribution is -0.121. The number of hydrogen-bond donors (Lipinski definition) is 2. The monoisotopic (exact) mass is 374 g/mol. The molecule has 1 atom stereocenters. The number of likely N-dealkylation sites (tertiary alicyclic amines) is 1. The summed E-state index contributed by atoms with van der Waals surface area (Å²) in [5, 5.41) is 12.6. The first-order valence-corrected chi connectivity index (χ1v) is 8.99. The first-order chi connectivity index (χ1) is 11.5. The summed E-state index contributed by atoms with van der Waals surface area (Å²) in [6, 6.07) is 4.77. The van der Waals surface area contributed by atoms with Gasteiger partial charge in [0.25, 0.3) is 0 Å². The number of amides is 1. The molecule has 7 heteroatoms. The van der Waals surface area contributed by atoms with Crippen molar-refractivity contribution in [3.8, 4) is 0 Å². The summed E-state index contributed by atoms with van der Waals surface area (Å²) >= 11 is 12.0. The highest BCUT2D eigenvalue weighted by molar-refractivity contribution is 6.36. The Morgan fingerprint density at radius 2 is 2.12 bits per heavy atom. The van der Waals surface area contributed by atoms with Crippen molar-refractivity contribution in [2.24, 2.45) is 0 Å². The number of halogens is 2. The highest BCUT2D eigenvalue weighted by Crippen LogP contribution is 2.26. The lowest BCUT2D eigenvalue weighted by Gasteiger charge is -2.35. The maximum absolute atomic E-state index is 12.4. The van der Waals surface area contributed by atoms with E-state index in [1.165, 1.54) is 0 Å². The molecule has 2 N–H and O–H groups in total. The van der Waals surface area contributed by atoms with Gasteiger partial charge in [-0.3, -0.25) is 9.69 Å². The average molecular weight is 375 g/mol. The third-order valence-electron chi connectivity index (χ3n) is 4.25. The van der Waals surface area contributed by atoms with Gasteiger partial charge in [-0.25, -0.2) is 0 Å². The van der Waals surface area contributed by atoms with Crippen molar-refractivity contribution in [1.82, 2.24) is 4.90 Å². The van der Waals surface area contributed by atoms with Gasteiger partial charge in [0, 0.05) is 31.3 Å². The molecule has 0 bridgehead atoms. The summed E-state index contributed by atoms with van der Waals surface area (Å²) in [6.07, 6.45) is 2.67. The molecule has 24 heavy (non-hydrogen) atoms. The SMILES string of the molecule is C[C@@H](C(=O)Nc1ccc(Cl)cc1Cl)N1CCC(OCCCO)CC1. The molecule has 134 valence electrons. The second kappa shape index (κ2) is 9.59. The van der Waals surface area contributed by atoms with Crippen LogP contribution in [0, 0.1) is 0 Å². The number of aliphatic hydroxyl groups excluding tert-OH is 1. The van der Waals surface area contributed by atoms with Crippen LogP contribution in [0.2, 0.25) is 10.0 Å². The number of nitrogens with one attached hydrogen (secondary N) is 1. The molecule has 5 nitrogen and oxygen atoms in total. The molecule has 1 aliphatic rings. The third-order valence-corrected chi connectivity index (χ3v) is 4.80. The van der Waals surface area contributed by atoms with E-state index < -0.39 is 0 Å². The Morgan fingerprint density at radius 1 is 1.42 bits per heavy atom. The van der Waals surface area contributed by atoms with Crippen molar-refractivity contribution in [3.05, 3.63) is 28.2 Å². The molecule has 0 spiro atoms. The van der Waals surface area contributed by atoms with E-state index in [2.05, 4.69) is 10.2 Å². The number of rotatable bonds is 7. The van der Waals surface area contributed by atoms with Crippen LogP contribution in [0.25, 0.3) is 0 Å². The maximum Gasteiger partial charge on any atom is 0.241 e. The molecule has 1 aliphatic heterocycles. The minimum atomic E-state index is -0.241. The summed E-state index contributed by atoms with van der Waals surface area (Å²) in [5.74, 6) is -0.0844. The first-order valence-electron chi connectivity index (χ1n) is 8.23. The zero-order valence-electron chi connectivity index (χ0n) is 13.8. The van der Waals surface area contributed by atoms with Crippen LogP contribution in [0.1, 0.15) is 26.2 Å². The summed E-state index contributed by atoms with van der Waals surface area (Å²) in [6.45, 7) is 4.27. The van der Waals surface area contributed by atoms with Gasteiger partial charge < -0.3 is 15.2 Å². The number of aliphatic hydroxyl groups is 1. The Hall–Kier alpha value is -0.850. The average Bonchev–Trinajstić information content (AvgIpc) is 2.57. The van der Waals surface area contributed by atoms with E-state index in [1.807, 2.05) is 6.92 Å². The molecule has 1 saturated heterocycles. The Labute approximate surface area is 152 Å². The van der Waals surface area contributed by atoms with E-state index in [9.17, 15) is 4.79 Å². The van der Waals surface area contributed by atoms with Crippen LogP contribution in [0.5, 0.6) is 0 Å². The number of benzene rings is 1. The number of carbonyl (C=O) groups excluding carboxylic acids is 1. The van der Waals surface area contributed by atoms with Gasteiger partial charge in [0.2, 0.25) is 5.91 Å². The lowest BCUT2D eigenvalue weighted by Crippen LogP contribution is -2.47. The molecule has 0 aliphatic carbocycles. The zero-order chi connectivity index (χ0) is 17.5. The molecule has 0 aromatic heterocycles. The van der Waals surface area contributed by atoms with Crippen LogP contribution in [-0.2, 0) is 9.53 Å². The van der Waals surface area contributed by atoms with Gasteiger partial charge in [-0.2, -0.15) is 0 Å². The molecular formula is C17H24Cl2N2O3. The number of carbonyl (C=O) groups is 1. The molecule has 1 fully saturated rings. The van der Waals surface area contributed by atoms with E-state index in [1.54, 1.807) is 18.2 Å². The van der Waals surface area contributed by atoms with Gasteiger partial charge in [-0.1, -0.05) is 23.2 Å². The van der Waals surface area contributed by atoms with Crippen LogP contribution in [0.3, 0.4) is 0 Å².